The van der Waals surface area contributed by atoms with Crippen molar-refractivity contribution in [2.45, 2.75) is 46.6 Å². The van der Waals surface area contributed by atoms with E-state index < -0.39 is 0 Å². The lowest BCUT2D eigenvalue weighted by molar-refractivity contribution is -0.114. The Morgan fingerprint density at radius 2 is 1.89 bits per heavy atom. The molecule has 0 radical (unpaired) electrons. The molecule has 2 rings (SSSR count). The summed E-state index contributed by atoms with van der Waals surface area (Å²) in [6.45, 7) is 10.9. The number of hydrogen-bond donors (Lipinski definition) is 3. The molecule has 1 atom stereocenters. The molecule has 3 N–H and O–H groups in total. The molecule has 1 fully saturated rings. The highest BCUT2D eigenvalue weighted by atomic mass is 16.5. The molecule has 1 heterocycles. The number of amides is 3. The Morgan fingerprint density at radius 3 is 2.46 bits per heavy atom. The number of hydrogen-bond acceptors (Lipinski definition) is 4. The molecular formula is C21H34N4O3. The van der Waals surface area contributed by atoms with Crippen molar-refractivity contribution in [2.75, 3.05) is 37.4 Å². The van der Waals surface area contributed by atoms with Crippen molar-refractivity contribution >= 4 is 23.3 Å². The molecule has 0 bridgehead atoms. The third-order valence-corrected chi connectivity index (χ3v) is 5.30. The molecule has 0 aromatic heterocycles. The van der Waals surface area contributed by atoms with Gasteiger partial charge in [0.25, 0.3) is 0 Å². The second-order valence-corrected chi connectivity index (χ2v) is 7.96. The first-order valence-corrected chi connectivity index (χ1v) is 10.0. The predicted octanol–water partition coefficient (Wildman–Crippen LogP) is 3.53. The second kappa shape index (κ2) is 10.3. The highest BCUT2D eigenvalue weighted by molar-refractivity contribution is 5.93. The topological polar surface area (TPSA) is 82.7 Å². The van der Waals surface area contributed by atoms with E-state index in [-0.39, 0.29) is 11.9 Å². The van der Waals surface area contributed by atoms with Gasteiger partial charge in [0.05, 0.1) is 12.8 Å². The summed E-state index contributed by atoms with van der Waals surface area (Å²) in [6.07, 6.45) is 2.44. The van der Waals surface area contributed by atoms with Crippen LogP contribution in [0.4, 0.5) is 16.2 Å². The molecule has 3 amide bonds. The fourth-order valence-corrected chi connectivity index (χ4v) is 3.58. The van der Waals surface area contributed by atoms with Crippen LogP contribution in [0.3, 0.4) is 0 Å². The van der Waals surface area contributed by atoms with Gasteiger partial charge in [-0.15, -0.1) is 0 Å². The molecule has 0 spiro atoms. The van der Waals surface area contributed by atoms with Gasteiger partial charge >= 0.3 is 6.03 Å². The molecule has 28 heavy (non-hydrogen) atoms. The molecule has 0 saturated carbocycles. The smallest absolute Gasteiger partial charge is 0.319 e. The fourth-order valence-electron chi connectivity index (χ4n) is 3.58. The molecule has 7 heteroatoms. The monoisotopic (exact) mass is 390 g/mol. The van der Waals surface area contributed by atoms with Crippen molar-refractivity contribution in [1.82, 2.24) is 10.2 Å². The third kappa shape index (κ3) is 6.41. The van der Waals surface area contributed by atoms with E-state index in [1.807, 2.05) is 0 Å². The van der Waals surface area contributed by atoms with E-state index in [0.717, 1.165) is 19.0 Å². The zero-order valence-corrected chi connectivity index (χ0v) is 17.7. The van der Waals surface area contributed by atoms with Gasteiger partial charge in [0.1, 0.15) is 5.75 Å². The van der Waals surface area contributed by atoms with E-state index in [2.05, 4.69) is 41.6 Å². The van der Waals surface area contributed by atoms with Crippen molar-refractivity contribution in [1.29, 1.82) is 0 Å². The number of benzene rings is 1. The summed E-state index contributed by atoms with van der Waals surface area (Å²) < 4.78 is 5.29. The highest BCUT2D eigenvalue weighted by Crippen LogP contribution is 2.28. The molecule has 1 aliphatic heterocycles. The van der Waals surface area contributed by atoms with Gasteiger partial charge in [-0.1, -0.05) is 20.8 Å². The largest absolute Gasteiger partial charge is 0.494 e. The number of piperidine rings is 1. The van der Waals surface area contributed by atoms with Gasteiger partial charge in [0.15, 0.2) is 0 Å². The average molecular weight is 391 g/mol. The van der Waals surface area contributed by atoms with Crippen LogP contribution in [0.2, 0.25) is 0 Å². The number of carbonyl (C=O) groups is 2. The van der Waals surface area contributed by atoms with E-state index in [1.54, 1.807) is 18.2 Å². The zero-order chi connectivity index (χ0) is 20.7. The molecule has 0 aliphatic carbocycles. The number of nitrogens with zero attached hydrogens (tertiary/aromatic N) is 1. The lowest BCUT2D eigenvalue weighted by atomic mass is 9.94. The molecule has 156 valence electrons. The molecule has 1 unspecified atom stereocenters. The Balaban J connectivity index is 1.92. The van der Waals surface area contributed by atoms with Crippen LogP contribution >= 0.6 is 0 Å². The quantitative estimate of drug-likeness (QED) is 0.665. The number of nitrogens with one attached hydrogen (secondary N) is 3. The maximum Gasteiger partial charge on any atom is 0.319 e. The van der Waals surface area contributed by atoms with Crippen LogP contribution in [0.5, 0.6) is 5.75 Å². The van der Waals surface area contributed by atoms with Gasteiger partial charge in [0.2, 0.25) is 5.91 Å². The maximum absolute atomic E-state index is 12.4. The number of methoxy groups -OCH3 is 1. The van der Waals surface area contributed by atoms with E-state index in [0.29, 0.717) is 35.6 Å². The van der Waals surface area contributed by atoms with Crippen LogP contribution in [0.1, 0.15) is 40.5 Å². The first-order valence-electron chi connectivity index (χ1n) is 10.0. The van der Waals surface area contributed by atoms with Crippen LogP contribution in [-0.4, -0.2) is 49.6 Å². The minimum absolute atomic E-state index is 0.177. The van der Waals surface area contributed by atoms with E-state index in [1.165, 1.54) is 26.9 Å². The van der Waals surface area contributed by atoms with Crippen molar-refractivity contribution in [2.24, 2.45) is 11.8 Å². The van der Waals surface area contributed by atoms with Gasteiger partial charge in [-0.3, -0.25) is 9.69 Å². The summed E-state index contributed by atoms with van der Waals surface area (Å²) in [6, 6.07) is 5.22. The van der Waals surface area contributed by atoms with Crippen LogP contribution < -0.4 is 20.7 Å². The van der Waals surface area contributed by atoms with Gasteiger partial charge in [0, 0.05) is 31.3 Å². The first kappa shape index (κ1) is 22.0. The molecular weight excluding hydrogens is 356 g/mol. The van der Waals surface area contributed by atoms with Crippen LogP contribution in [0.25, 0.3) is 0 Å². The standard InChI is InChI=1S/C21H34N4O3/c1-14(2)19(25-10-8-15(3)9-11-25)13-22-21(27)24-17-6-7-18(23-16(4)26)20(12-17)28-5/h6-7,12,14-15,19H,8-11,13H2,1-5H3,(H,23,26)(H2,22,24,27). The van der Waals surface area contributed by atoms with Crippen molar-refractivity contribution in [3.05, 3.63) is 18.2 Å². The van der Waals surface area contributed by atoms with E-state index >= 15 is 0 Å². The van der Waals surface area contributed by atoms with E-state index in [9.17, 15) is 9.59 Å². The Hall–Kier alpha value is -2.28. The molecule has 1 saturated heterocycles. The molecule has 1 aromatic rings. The Kier molecular flexibility index (Phi) is 8.11. The summed E-state index contributed by atoms with van der Waals surface area (Å²) in [5, 5.41) is 8.54. The third-order valence-electron chi connectivity index (χ3n) is 5.30. The highest BCUT2D eigenvalue weighted by Gasteiger charge is 2.25. The first-order chi connectivity index (χ1) is 13.3. The summed E-state index contributed by atoms with van der Waals surface area (Å²) in [5.41, 5.74) is 1.18. The summed E-state index contributed by atoms with van der Waals surface area (Å²) in [4.78, 5) is 26.1. The SMILES string of the molecule is COc1cc(NC(=O)NCC(C(C)C)N2CCC(C)CC2)ccc1NC(C)=O. The summed E-state index contributed by atoms with van der Waals surface area (Å²) in [5.74, 6) is 1.57. The van der Waals surface area contributed by atoms with Crippen LogP contribution in [0.15, 0.2) is 18.2 Å². The van der Waals surface area contributed by atoms with Crippen molar-refractivity contribution in [3.63, 3.8) is 0 Å². The van der Waals surface area contributed by atoms with Gasteiger partial charge in [-0.05, 0) is 49.9 Å². The van der Waals surface area contributed by atoms with Crippen LogP contribution in [0, 0.1) is 11.8 Å². The number of urea groups is 1. The second-order valence-electron chi connectivity index (χ2n) is 7.96. The number of ether oxygens (including phenoxy) is 1. The number of anilines is 2. The van der Waals surface area contributed by atoms with Gasteiger partial charge in [-0.2, -0.15) is 0 Å². The average Bonchev–Trinajstić information content (AvgIpc) is 2.64. The van der Waals surface area contributed by atoms with Gasteiger partial charge < -0.3 is 20.7 Å². The predicted molar refractivity (Wildman–Crippen MR) is 113 cm³/mol. The number of rotatable bonds is 7. The Labute approximate surface area is 168 Å². The minimum Gasteiger partial charge on any atom is -0.494 e. The minimum atomic E-state index is -0.245. The number of carbonyl (C=O) groups excluding carboxylic acids is 2. The Morgan fingerprint density at radius 1 is 1.21 bits per heavy atom. The Bertz CT molecular complexity index is 670. The summed E-state index contributed by atoms with van der Waals surface area (Å²) >= 11 is 0. The van der Waals surface area contributed by atoms with Crippen LogP contribution in [-0.2, 0) is 4.79 Å². The molecule has 7 nitrogen and oxygen atoms in total. The van der Waals surface area contributed by atoms with E-state index in [4.69, 9.17) is 4.74 Å². The molecule has 1 aliphatic rings. The summed E-state index contributed by atoms with van der Waals surface area (Å²) in [7, 11) is 1.53. The fraction of sp³-hybridized carbons (Fsp3) is 0.619. The maximum atomic E-state index is 12.4. The van der Waals surface area contributed by atoms with Gasteiger partial charge in [-0.25, -0.2) is 4.79 Å². The van der Waals surface area contributed by atoms with Crippen molar-refractivity contribution < 1.29 is 14.3 Å². The number of likely N-dealkylation sites (tertiary alicyclic amines) is 1. The lowest BCUT2D eigenvalue weighted by Gasteiger charge is -2.38. The normalized spacial score (nSPS) is 16.5. The van der Waals surface area contributed by atoms with Crippen molar-refractivity contribution in [3.8, 4) is 5.75 Å². The zero-order valence-electron chi connectivity index (χ0n) is 17.7. The lowest BCUT2D eigenvalue weighted by Crippen LogP contribution is -2.50. The molecule has 1 aromatic carbocycles.